The van der Waals surface area contributed by atoms with Crippen molar-refractivity contribution in [3.05, 3.63) is 62.7 Å². The average Bonchev–Trinajstić information content (AvgIpc) is 3.11. The molecule has 0 fully saturated rings. The van der Waals surface area contributed by atoms with Crippen LogP contribution in [0.25, 0.3) is 11.3 Å². The van der Waals surface area contributed by atoms with Gasteiger partial charge >= 0.3 is 0 Å². The van der Waals surface area contributed by atoms with E-state index in [9.17, 15) is 9.18 Å². The quantitative estimate of drug-likeness (QED) is 0.723. The van der Waals surface area contributed by atoms with Gasteiger partial charge in [0.25, 0.3) is 5.91 Å². The van der Waals surface area contributed by atoms with Gasteiger partial charge in [0.1, 0.15) is 10.2 Å². The van der Waals surface area contributed by atoms with Crippen LogP contribution in [0.15, 0.2) is 36.5 Å². The van der Waals surface area contributed by atoms with Gasteiger partial charge in [-0.15, -0.1) is 11.3 Å². The molecule has 2 heterocycles. The summed E-state index contributed by atoms with van der Waals surface area (Å²) in [5.41, 5.74) is 3.70. The number of aromatic nitrogens is 2. The number of carbonyl (C=O) groups excluding carboxylic acids is 1. The number of nitrogens with one attached hydrogen (secondary N) is 1. The van der Waals surface area contributed by atoms with Crippen molar-refractivity contribution in [2.75, 3.05) is 6.54 Å². The van der Waals surface area contributed by atoms with Crippen molar-refractivity contribution in [3.63, 3.8) is 0 Å². The second-order valence-corrected chi connectivity index (χ2v) is 7.38. The molecule has 0 aliphatic carbocycles. The zero-order valence-electron chi connectivity index (χ0n) is 13.8. The third-order valence-electron chi connectivity index (χ3n) is 3.90. The third-order valence-corrected chi connectivity index (χ3v) is 5.26. The molecule has 1 N–H and O–H groups in total. The van der Waals surface area contributed by atoms with Crippen molar-refractivity contribution in [2.24, 2.45) is 7.05 Å². The Morgan fingerprint density at radius 3 is 2.72 bits per heavy atom. The number of halogens is 2. The van der Waals surface area contributed by atoms with E-state index in [2.05, 4.69) is 10.4 Å². The number of thiophene rings is 1. The van der Waals surface area contributed by atoms with Gasteiger partial charge in [-0.2, -0.15) is 5.10 Å². The smallest absolute Gasteiger partial charge is 0.261 e. The molecule has 3 aromatic rings. The lowest BCUT2D eigenvalue weighted by Gasteiger charge is -2.04. The van der Waals surface area contributed by atoms with Crippen molar-refractivity contribution in [3.8, 4) is 11.3 Å². The predicted molar refractivity (Wildman–Crippen MR) is 98.7 cm³/mol. The van der Waals surface area contributed by atoms with Gasteiger partial charge in [0.15, 0.2) is 0 Å². The molecule has 0 atom stereocenters. The minimum atomic E-state index is -0.265. The van der Waals surface area contributed by atoms with Crippen molar-refractivity contribution in [1.29, 1.82) is 0 Å². The first-order chi connectivity index (χ1) is 12.0. The number of benzene rings is 1. The highest BCUT2D eigenvalue weighted by molar-refractivity contribution is 7.18. The Kier molecular flexibility index (Phi) is 5.20. The number of carbonyl (C=O) groups is 1. The van der Waals surface area contributed by atoms with E-state index in [1.165, 1.54) is 23.5 Å². The Morgan fingerprint density at radius 1 is 1.36 bits per heavy atom. The van der Waals surface area contributed by atoms with Gasteiger partial charge in [-0.3, -0.25) is 9.48 Å². The maximum Gasteiger partial charge on any atom is 0.261 e. The largest absolute Gasteiger partial charge is 0.351 e. The fraction of sp³-hybridized carbons (Fsp3) is 0.222. The van der Waals surface area contributed by atoms with Crippen molar-refractivity contribution in [1.82, 2.24) is 15.1 Å². The second-order valence-electron chi connectivity index (χ2n) is 5.73. The molecule has 130 valence electrons. The number of hydrogen-bond donors (Lipinski definition) is 1. The summed E-state index contributed by atoms with van der Waals surface area (Å²) in [4.78, 5) is 12.9. The predicted octanol–water partition coefficient (Wildman–Crippen LogP) is 4.22. The molecule has 0 aliphatic rings. The summed E-state index contributed by atoms with van der Waals surface area (Å²) in [5.74, 6) is -0.431. The van der Waals surface area contributed by atoms with E-state index in [-0.39, 0.29) is 11.7 Å². The average molecular weight is 378 g/mol. The van der Waals surface area contributed by atoms with E-state index >= 15 is 0 Å². The number of hydrogen-bond acceptors (Lipinski definition) is 3. The van der Waals surface area contributed by atoms with Crippen LogP contribution in [0.5, 0.6) is 0 Å². The van der Waals surface area contributed by atoms with E-state index in [1.807, 2.05) is 14.0 Å². The molecule has 4 nitrogen and oxygen atoms in total. The Bertz CT molecular complexity index is 882. The monoisotopic (exact) mass is 377 g/mol. The molecule has 3 rings (SSSR count). The third kappa shape index (κ3) is 3.91. The Morgan fingerprint density at radius 2 is 2.08 bits per heavy atom. The molecule has 25 heavy (non-hydrogen) atoms. The van der Waals surface area contributed by atoms with Gasteiger partial charge in [0.05, 0.1) is 16.8 Å². The van der Waals surface area contributed by atoms with Gasteiger partial charge in [-0.25, -0.2) is 4.39 Å². The first-order valence-electron chi connectivity index (χ1n) is 7.76. The Labute approximate surface area is 154 Å². The SMILES string of the molecule is Cc1cnn(C)c1-c1cc(C(=O)NCCc2ccc(F)cc2)sc1Cl. The summed E-state index contributed by atoms with van der Waals surface area (Å²) >= 11 is 7.58. The molecule has 1 aromatic carbocycles. The van der Waals surface area contributed by atoms with Gasteiger partial charge in [0.2, 0.25) is 0 Å². The van der Waals surface area contributed by atoms with E-state index < -0.39 is 0 Å². The van der Waals surface area contributed by atoms with E-state index in [1.54, 1.807) is 29.1 Å². The minimum absolute atomic E-state index is 0.167. The van der Waals surface area contributed by atoms with Crippen LogP contribution in [-0.4, -0.2) is 22.2 Å². The molecule has 7 heteroatoms. The summed E-state index contributed by atoms with van der Waals surface area (Å²) in [6.07, 6.45) is 2.41. The Balaban J connectivity index is 1.67. The van der Waals surface area contributed by atoms with Crippen molar-refractivity contribution >= 4 is 28.8 Å². The molecule has 0 unspecified atom stereocenters. The lowest BCUT2D eigenvalue weighted by molar-refractivity contribution is 0.0958. The summed E-state index contributed by atoms with van der Waals surface area (Å²) in [5, 5.41) is 7.09. The van der Waals surface area contributed by atoms with E-state index in [0.717, 1.165) is 22.4 Å². The first-order valence-corrected chi connectivity index (χ1v) is 8.96. The van der Waals surface area contributed by atoms with Crippen LogP contribution in [0.1, 0.15) is 20.8 Å². The maximum atomic E-state index is 12.9. The molecule has 0 radical (unpaired) electrons. The first kappa shape index (κ1) is 17.6. The van der Waals surface area contributed by atoms with Crippen LogP contribution in [-0.2, 0) is 13.5 Å². The summed E-state index contributed by atoms with van der Waals surface area (Å²) < 4.78 is 15.2. The highest BCUT2D eigenvalue weighted by Gasteiger charge is 2.18. The summed E-state index contributed by atoms with van der Waals surface area (Å²) in [6, 6.07) is 8.06. The number of nitrogens with zero attached hydrogens (tertiary/aromatic N) is 2. The zero-order valence-corrected chi connectivity index (χ0v) is 15.4. The van der Waals surface area contributed by atoms with Gasteiger partial charge in [-0.1, -0.05) is 23.7 Å². The fourth-order valence-electron chi connectivity index (χ4n) is 2.63. The van der Waals surface area contributed by atoms with Crippen molar-refractivity contribution < 1.29 is 9.18 Å². The zero-order chi connectivity index (χ0) is 18.0. The van der Waals surface area contributed by atoms with E-state index in [4.69, 9.17) is 11.6 Å². The Hall–Kier alpha value is -2.18. The topological polar surface area (TPSA) is 46.9 Å². The molecule has 1 amide bonds. The molecular weight excluding hydrogens is 361 g/mol. The maximum absolute atomic E-state index is 12.9. The summed E-state index contributed by atoms with van der Waals surface area (Å²) in [6.45, 7) is 2.43. The highest BCUT2D eigenvalue weighted by Crippen LogP contribution is 2.36. The molecule has 2 aromatic heterocycles. The number of rotatable bonds is 5. The molecular formula is C18H17ClFN3OS. The van der Waals surface area contributed by atoms with Gasteiger partial charge in [-0.05, 0) is 42.7 Å². The van der Waals surface area contributed by atoms with Gasteiger partial charge in [0, 0.05) is 19.2 Å². The van der Waals surface area contributed by atoms with Gasteiger partial charge < -0.3 is 5.32 Å². The summed E-state index contributed by atoms with van der Waals surface area (Å²) in [7, 11) is 1.85. The molecule has 0 bridgehead atoms. The lowest BCUT2D eigenvalue weighted by atomic mass is 10.1. The standard InChI is InChI=1S/C18H17ClFN3OS/c1-11-10-22-23(2)16(11)14-9-15(25-17(14)19)18(24)21-8-7-12-3-5-13(20)6-4-12/h3-6,9-10H,7-8H2,1-2H3,(H,21,24). The van der Waals surface area contributed by atoms with Crippen molar-refractivity contribution in [2.45, 2.75) is 13.3 Å². The van der Waals surface area contributed by atoms with Crippen LogP contribution in [0, 0.1) is 12.7 Å². The van der Waals surface area contributed by atoms with Crippen LogP contribution in [0.3, 0.4) is 0 Å². The molecule has 0 aliphatic heterocycles. The number of amides is 1. The van der Waals surface area contributed by atoms with Crippen LogP contribution in [0.2, 0.25) is 4.34 Å². The molecule has 0 spiro atoms. The number of aryl methyl sites for hydroxylation is 2. The highest BCUT2D eigenvalue weighted by atomic mass is 35.5. The lowest BCUT2D eigenvalue weighted by Crippen LogP contribution is -2.24. The van der Waals surface area contributed by atoms with Crippen LogP contribution >= 0.6 is 22.9 Å². The van der Waals surface area contributed by atoms with Crippen LogP contribution in [0.4, 0.5) is 4.39 Å². The van der Waals surface area contributed by atoms with Crippen LogP contribution < -0.4 is 5.32 Å². The minimum Gasteiger partial charge on any atom is -0.351 e. The second kappa shape index (κ2) is 7.37. The molecule has 0 saturated carbocycles. The van der Waals surface area contributed by atoms with E-state index in [0.29, 0.717) is 22.2 Å². The normalized spacial score (nSPS) is 10.9. The fourth-order valence-corrected chi connectivity index (χ4v) is 3.83. The molecule has 0 saturated heterocycles.